The van der Waals surface area contributed by atoms with Crippen LogP contribution in [0.5, 0.6) is 0 Å². The van der Waals surface area contributed by atoms with E-state index in [1.165, 1.54) is 19.1 Å². The molecular formula is C17H17F6NO3. The number of likely N-dealkylation sites (tertiary alicyclic amines) is 1. The number of benzene rings is 1. The molecule has 0 aliphatic carbocycles. The number of carboxylic acids is 1. The van der Waals surface area contributed by atoms with Crippen LogP contribution in [0.25, 0.3) is 0 Å². The first-order valence-corrected chi connectivity index (χ1v) is 8.05. The Morgan fingerprint density at radius 1 is 1.19 bits per heavy atom. The summed E-state index contributed by atoms with van der Waals surface area (Å²) in [5, 5.41) is 8.98. The SMILES string of the molecule is CC(Cc1cccc(C(F)(F)F)c1)C(=O)N1C[C@@H](C(F)(F)F)[C@H](C(=O)O)C1. The molecular weight excluding hydrogens is 380 g/mol. The van der Waals surface area contributed by atoms with Crippen molar-refractivity contribution in [1.29, 1.82) is 0 Å². The molecule has 0 spiro atoms. The van der Waals surface area contributed by atoms with Crippen LogP contribution in [-0.4, -0.2) is 41.1 Å². The van der Waals surface area contributed by atoms with Gasteiger partial charge >= 0.3 is 18.3 Å². The molecule has 150 valence electrons. The van der Waals surface area contributed by atoms with Gasteiger partial charge in [-0.15, -0.1) is 0 Å². The smallest absolute Gasteiger partial charge is 0.416 e. The zero-order chi connectivity index (χ0) is 20.6. The molecule has 4 nitrogen and oxygen atoms in total. The molecule has 0 radical (unpaired) electrons. The molecule has 1 saturated heterocycles. The number of carboxylic acid groups (broad SMARTS) is 1. The van der Waals surface area contributed by atoms with Crippen LogP contribution in [0.2, 0.25) is 0 Å². The van der Waals surface area contributed by atoms with Gasteiger partial charge in [0.2, 0.25) is 5.91 Å². The Hall–Kier alpha value is -2.26. The van der Waals surface area contributed by atoms with E-state index >= 15 is 0 Å². The van der Waals surface area contributed by atoms with Crippen molar-refractivity contribution in [3.05, 3.63) is 35.4 Å². The Labute approximate surface area is 150 Å². The van der Waals surface area contributed by atoms with Crippen molar-refractivity contribution in [3.8, 4) is 0 Å². The number of rotatable bonds is 4. The molecule has 1 fully saturated rings. The minimum absolute atomic E-state index is 0.103. The predicted molar refractivity (Wildman–Crippen MR) is 81.6 cm³/mol. The highest BCUT2D eigenvalue weighted by Crippen LogP contribution is 2.38. The van der Waals surface area contributed by atoms with Gasteiger partial charge in [-0.05, 0) is 18.1 Å². The number of alkyl halides is 6. The van der Waals surface area contributed by atoms with Crippen molar-refractivity contribution in [2.45, 2.75) is 25.7 Å². The summed E-state index contributed by atoms with van der Waals surface area (Å²) < 4.78 is 77.2. The van der Waals surface area contributed by atoms with E-state index in [-0.39, 0.29) is 12.0 Å². The quantitative estimate of drug-likeness (QED) is 0.790. The Bertz CT molecular complexity index is 715. The third-order valence-electron chi connectivity index (χ3n) is 4.59. The van der Waals surface area contributed by atoms with E-state index < -0.39 is 60.6 Å². The van der Waals surface area contributed by atoms with Gasteiger partial charge in [0.1, 0.15) is 0 Å². The molecule has 1 unspecified atom stereocenters. The second-order valence-electron chi connectivity index (χ2n) is 6.64. The molecule has 3 atom stereocenters. The molecule has 0 saturated carbocycles. The molecule has 1 aliphatic heterocycles. The maximum Gasteiger partial charge on any atom is 0.416 e. The summed E-state index contributed by atoms with van der Waals surface area (Å²) in [6.45, 7) is 0.0385. The number of hydrogen-bond donors (Lipinski definition) is 1. The van der Waals surface area contributed by atoms with Gasteiger partial charge in [-0.2, -0.15) is 26.3 Å². The average molecular weight is 397 g/mol. The second kappa shape index (κ2) is 7.40. The summed E-state index contributed by atoms with van der Waals surface area (Å²) in [6.07, 6.45) is -9.41. The number of carbonyl (C=O) groups excluding carboxylic acids is 1. The molecule has 1 aromatic carbocycles. The fourth-order valence-corrected chi connectivity index (χ4v) is 3.19. The molecule has 0 aromatic heterocycles. The zero-order valence-electron chi connectivity index (χ0n) is 14.1. The fourth-order valence-electron chi connectivity index (χ4n) is 3.19. The van der Waals surface area contributed by atoms with Crippen LogP contribution in [0.3, 0.4) is 0 Å². The lowest BCUT2D eigenvalue weighted by molar-refractivity contribution is -0.188. The highest BCUT2D eigenvalue weighted by atomic mass is 19.4. The van der Waals surface area contributed by atoms with E-state index in [0.717, 1.165) is 17.0 Å². The van der Waals surface area contributed by atoms with Gasteiger partial charge in [0, 0.05) is 19.0 Å². The molecule has 1 amide bonds. The third kappa shape index (κ3) is 4.92. The van der Waals surface area contributed by atoms with Crippen LogP contribution >= 0.6 is 0 Å². The lowest BCUT2D eigenvalue weighted by Gasteiger charge is -2.22. The van der Waals surface area contributed by atoms with E-state index in [0.29, 0.717) is 0 Å². The first kappa shape index (κ1) is 21.0. The first-order valence-electron chi connectivity index (χ1n) is 8.05. The summed E-state index contributed by atoms with van der Waals surface area (Å²) in [5.41, 5.74) is -0.670. The minimum atomic E-state index is -4.76. The van der Waals surface area contributed by atoms with Crippen molar-refractivity contribution in [1.82, 2.24) is 4.90 Å². The van der Waals surface area contributed by atoms with Crippen LogP contribution in [0.15, 0.2) is 24.3 Å². The summed E-state index contributed by atoms with van der Waals surface area (Å²) >= 11 is 0. The van der Waals surface area contributed by atoms with E-state index in [1.807, 2.05) is 0 Å². The van der Waals surface area contributed by atoms with E-state index in [9.17, 15) is 35.9 Å². The molecule has 1 aromatic rings. The maximum absolute atomic E-state index is 13.0. The van der Waals surface area contributed by atoms with Crippen molar-refractivity contribution in [2.75, 3.05) is 13.1 Å². The Morgan fingerprint density at radius 2 is 1.81 bits per heavy atom. The monoisotopic (exact) mass is 397 g/mol. The summed E-state index contributed by atoms with van der Waals surface area (Å²) in [6, 6.07) is 4.33. The predicted octanol–water partition coefficient (Wildman–Crippen LogP) is 3.61. The van der Waals surface area contributed by atoms with E-state index in [1.54, 1.807) is 0 Å². The first-order chi connectivity index (χ1) is 12.3. The largest absolute Gasteiger partial charge is 0.481 e. The van der Waals surface area contributed by atoms with Crippen LogP contribution in [0.4, 0.5) is 26.3 Å². The number of aliphatic carboxylic acids is 1. The summed E-state index contributed by atoms with van der Waals surface area (Å²) in [7, 11) is 0. The maximum atomic E-state index is 13.0. The van der Waals surface area contributed by atoms with E-state index in [4.69, 9.17) is 5.11 Å². The number of carbonyl (C=O) groups is 2. The number of amides is 1. The van der Waals surface area contributed by atoms with Crippen LogP contribution in [0, 0.1) is 17.8 Å². The Kier molecular flexibility index (Phi) is 5.77. The van der Waals surface area contributed by atoms with E-state index in [2.05, 4.69) is 0 Å². The highest BCUT2D eigenvalue weighted by Gasteiger charge is 2.53. The van der Waals surface area contributed by atoms with Gasteiger partial charge < -0.3 is 10.0 Å². The van der Waals surface area contributed by atoms with Gasteiger partial charge in [0.15, 0.2) is 0 Å². The van der Waals surface area contributed by atoms with Gasteiger partial charge in [-0.1, -0.05) is 25.1 Å². The van der Waals surface area contributed by atoms with Crippen LogP contribution in [-0.2, 0) is 22.2 Å². The summed E-state index contributed by atoms with van der Waals surface area (Å²) in [5.74, 6) is -7.17. The van der Waals surface area contributed by atoms with Gasteiger partial charge in [-0.25, -0.2) is 0 Å². The molecule has 27 heavy (non-hydrogen) atoms. The normalized spacial score (nSPS) is 22.0. The molecule has 10 heteroatoms. The zero-order valence-corrected chi connectivity index (χ0v) is 14.1. The number of halogens is 6. The van der Waals surface area contributed by atoms with Crippen molar-refractivity contribution >= 4 is 11.9 Å². The topological polar surface area (TPSA) is 57.6 Å². The summed E-state index contributed by atoms with van der Waals surface area (Å²) in [4.78, 5) is 24.3. The molecule has 0 bridgehead atoms. The van der Waals surface area contributed by atoms with Crippen molar-refractivity contribution in [3.63, 3.8) is 0 Å². The third-order valence-corrected chi connectivity index (χ3v) is 4.59. The number of nitrogens with zero attached hydrogens (tertiary/aromatic N) is 1. The fraction of sp³-hybridized carbons (Fsp3) is 0.529. The van der Waals surface area contributed by atoms with Crippen LogP contribution < -0.4 is 0 Å². The molecule has 2 rings (SSSR count). The van der Waals surface area contributed by atoms with Gasteiger partial charge in [0.05, 0.1) is 17.4 Å². The molecule has 1 N–H and O–H groups in total. The number of hydrogen-bond acceptors (Lipinski definition) is 2. The van der Waals surface area contributed by atoms with Crippen LogP contribution in [0.1, 0.15) is 18.1 Å². The minimum Gasteiger partial charge on any atom is -0.481 e. The van der Waals surface area contributed by atoms with Gasteiger partial charge in [0.25, 0.3) is 0 Å². The lowest BCUT2D eigenvalue weighted by Crippen LogP contribution is -2.36. The standard InChI is InChI=1S/C17H17F6NO3/c1-9(5-10-3-2-4-11(6-10)16(18,19)20)14(25)24-7-12(15(26)27)13(8-24)17(21,22)23/h2-4,6,9,12-13H,5,7-8H2,1H3,(H,26,27)/t9?,12-,13-/m1/s1. The molecule has 1 heterocycles. The Balaban J connectivity index is 2.11. The lowest BCUT2D eigenvalue weighted by atomic mass is 9.96. The van der Waals surface area contributed by atoms with Crippen molar-refractivity contribution < 1.29 is 41.0 Å². The van der Waals surface area contributed by atoms with Gasteiger partial charge in [-0.3, -0.25) is 9.59 Å². The highest BCUT2D eigenvalue weighted by molar-refractivity contribution is 5.81. The second-order valence-corrected chi connectivity index (χ2v) is 6.64. The Morgan fingerprint density at radius 3 is 2.30 bits per heavy atom. The van der Waals surface area contributed by atoms with Crippen molar-refractivity contribution in [2.24, 2.45) is 17.8 Å². The average Bonchev–Trinajstić information content (AvgIpc) is 2.99. The molecule has 1 aliphatic rings.